The van der Waals surface area contributed by atoms with E-state index in [9.17, 15) is 5.26 Å². The molecule has 3 rings (SSSR count). The van der Waals surface area contributed by atoms with Crippen LogP contribution < -0.4 is 9.47 Å². The van der Waals surface area contributed by atoms with Crippen LogP contribution in [0.2, 0.25) is 5.02 Å². The van der Waals surface area contributed by atoms with Crippen LogP contribution in [0.1, 0.15) is 5.56 Å². The number of rotatable bonds is 5. The Kier molecular flexibility index (Phi) is 4.92. The number of halogens is 1. The van der Waals surface area contributed by atoms with Crippen LogP contribution in [0.4, 0.5) is 0 Å². The molecule has 0 radical (unpaired) electrons. The van der Waals surface area contributed by atoms with E-state index < -0.39 is 0 Å². The fourth-order valence-electron chi connectivity index (χ4n) is 2.60. The standard InChI is InChI=1S/C19H16ClN3O2/c1-24-18-8-14(15(20)9-19(18)25-2)7-13(10-21)11-23-12-22-16-5-3-4-6-17(16)23/h3-9,12H,11H2,1-2H3/b13-7+. The van der Waals surface area contributed by atoms with Gasteiger partial charge in [-0.3, -0.25) is 0 Å². The molecule has 0 spiro atoms. The minimum absolute atomic E-state index is 0.404. The maximum absolute atomic E-state index is 9.53. The van der Waals surface area contributed by atoms with Gasteiger partial charge in [-0.2, -0.15) is 5.26 Å². The number of hydrogen-bond acceptors (Lipinski definition) is 4. The average Bonchev–Trinajstić information content (AvgIpc) is 3.05. The lowest BCUT2D eigenvalue weighted by Crippen LogP contribution is -1.98. The number of ether oxygens (including phenoxy) is 2. The SMILES string of the molecule is COc1cc(Cl)c(/C=C(\C#N)Cn2cnc3ccccc32)cc1OC. The topological polar surface area (TPSA) is 60.1 Å². The van der Waals surface area contributed by atoms with Gasteiger partial charge in [0.05, 0.1) is 49.2 Å². The molecule has 0 amide bonds. The lowest BCUT2D eigenvalue weighted by molar-refractivity contribution is 0.355. The molecule has 126 valence electrons. The van der Waals surface area contributed by atoms with Gasteiger partial charge in [-0.25, -0.2) is 4.98 Å². The Morgan fingerprint density at radius 2 is 1.96 bits per heavy atom. The molecule has 0 saturated carbocycles. The smallest absolute Gasteiger partial charge is 0.162 e. The minimum Gasteiger partial charge on any atom is -0.493 e. The van der Waals surface area contributed by atoms with Crippen LogP contribution in [0.25, 0.3) is 17.1 Å². The van der Waals surface area contributed by atoms with E-state index in [0.717, 1.165) is 11.0 Å². The number of nitriles is 1. The van der Waals surface area contributed by atoms with Crippen LogP contribution in [0.3, 0.4) is 0 Å². The van der Waals surface area contributed by atoms with Crippen molar-refractivity contribution in [3.05, 3.63) is 58.9 Å². The van der Waals surface area contributed by atoms with Gasteiger partial charge in [-0.05, 0) is 29.8 Å². The molecular weight excluding hydrogens is 338 g/mol. The van der Waals surface area contributed by atoms with E-state index in [4.69, 9.17) is 21.1 Å². The van der Waals surface area contributed by atoms with Crippen molar-refractivity contribution in [3.63, 3.8) is 0 Å². The molecule has 1 heterocycles. The molecule has 0 aliphatic rings. The fraction of sp³-hybridized carbons (Fsp3) is 0.158. The Labute approximate surface area is 150 Å². The molecule has 0 unspecified atom stereocenters. The van der Waals surface area contributed by atoms with E-state index in [1.54, 1.807) is 38.8 Å². The molecule has 2 aromatic carbocycles. The maximum atomic E-state index is 9.53. The van der Waals surface area contributed by atoms with Crippen LogP contribution >= 0.6 is 11.6 Å². The van der Waals surface area contributed by atoms with Gasteiger partial charge >= 0.3 is 0 Å². The quantitative estimate of drug-likeness (QED) is 0.641. The molecule has 1 aromatic heterocycles. The Morgan fingerprint density at radius 3 is 2.68 bits per heavy atom. The number of nitrogens with zero attached hydrogens (tertiary/aromatic N) is 3. The molecule has 0 atom stereocenters. The third-order valence-electron chi connectivity index (χ3n) is 3.84. The Morgan fingerprint density at radius 1 is 1.24 bits per heavy atom. The molecule has 0 N–H and O–H groups in total. The van der Waals surface area contributed by atoms with Crippen molar-refractivity contribution in [3.8, 4) is 17.6 Å². The summed E-state index contributed by atoms with van der Waals surface area (Å²) in [6, 6.07) is 13.4. The van der Waals surface area contributed by atoms with Crippen molar-refractivity contribution in [2.75, 3.05) is 14.2 Å². The van der Waals surface area contributed by atoms with Gasteiger partial charge in [-0.1, -0.05) is 23.7 Å². The highest BCUT2D eigenvalue weighted by molar-refractivity contribution is 6.32. The third-order valence-corrected chi connectivity index (χ3v) is 4.17. The van der Waals surface area contributed by atoms with Crippen molar-refractivity contribution in [2.24, 2.45) is 0 Å². The Balaban J connectivity index is 1.97. The van der Waals surface area contributed by atoms with Gasteiger partial charge in [0, 0.05) is 11.6 Å². The molecule has 0 aliphatic heterocycles. The van der Waals surface area contributed by atoms with Crippen LogP contribution in [0, 0.1) is 11.3 Å². The fourth-order valence-corrected chi connectivity index (χ4v) is 2.81. The van der Waals surface area contributed by atoms with Crippen LogP contribution in [0.15, 0.2) is 48.3 Å². The van der Waals surface area contributed by atoms with Gasteiger partial charge in [-0.15, -0.1) is 0 Å². The van der Waals surface area contributed by atoms with Gasteiger partial charge in [0.1, 0.15) is 0 Å². The van der Waals surface area contributed by atoms with E-state index >= 15 is 0 Å². The number of hydrogen-bond donors (Lipinski definition) is 0. The second-order valence-electron chi connectivity index (χ2n) is 5.37. The summed E-state index contributed by atoms with van der Waals surface area (Å²) in [5, 5.41) is 10.0. The van der Waals surface area contributed by atoms with E-state index in [1.165, 1.54) is 0 Å². The van der Waals surface area contributed by atoms with Gasteiger partial charge < -0.3 is 14.0 Å². The summed E-state index contributed by atoms with van der Waals surface area (Å²) in [6.07, 6.45) is 3.48. The number of aromatic nitrogens is 2. The number of para-hydroxylation sites is 2. The average molecular weight is 354 g/mol. The monoisotopic (exact) mass is 353 g/mol. The van der Waals surface area contributed by atoms with Gasteiger partial charge in [0.25, 0.3) is 0 Å². The molecule has 0 aliphatic carbocycles. The molecule has 25 heavy (non-hydrogen) atoms. The maximum Gasteiger partial charge on any atom is 0.162 e. The molecule has 6 heteroatoms. The molecule has 0 saturated heterocycles. The summed E-state index contributed by atoms with van der Waals surface area (Å²) >= 11 is 6.31. The zero-order valence-electron chi connectivity index (χ0n) is 13.9. The summed E-state index contributed by atoms with van der Waals surface area (Å²) in [6.45, 7) is 0.404. The predicted molar refractivity (Wildman–Crippen MR) is 97.9 cm³/mol. The highest BCUT2D eigenvalue weighted by atomic mass is 35.5. The summed E-state index contributed by atoms with van der Waals surface area (Å²) in [5.41, 5.74) is 3.11. The molecule has 0 fully saturated rings. The third kappa shape index (κ3) is 3.44. The lowest BCUT2D eigenvalue weighted by Gasteiger charge is -2.10. The zero-order valence-corrected chi connectivity index (χ0v) is 14.6. The largest absolute Gasteiger partial charge is 0.493 e. The first-order chi connectivity index (χ1) is 12.2. The lowest BCUT2D eigenvalue weighted by atomic mass is 10.1. The summed E-state index contributed by atoms with van der Waals surface area (Å²) in [5.74, 6) is 1.10. The van der Waals surface area contributed by atoms with Crippen LogP contribution in [-0.4, -0.2) is 23.8 Å². The Hall–Kier alpha value is -2.97. The number of benzene rings is 2. The second kappa shape index (κ2) is 7.29. The highest BCUT2D eigenvalue weighted by Crippen LogP contribution is 2.34. The van der Waals surface area contributed by atoms with Crippen molar-refractivity contribution < 1.29 is 9.47 Å². The summed E-state index contributed by atoms with van der Waals surface area (Å²) < 4.78 is 12.5. The summed E-state index contributed by atoms with van der Waals surface area (Å²) in [7, 11) is 3.11. The minimum atomic E-state index is 0.404. The number of methoxy groups -OCH3 is 2. The van der Waals surface area contributed by atoms with Gasteiger partial charge in [0.2, 0.25) is 0 Å². The second-order valence-corrected chi connectivity index (χ2v) is 5.78. The van der Waals surface area contributed by atoms with Crippen LogP contribution in [0.5, 0.6) is 11.5 Å². The molecular formula is C19H16ClN3O2. The molecule has 3 aromatic rings. The van der Waals surface area contributed by atoms with Crippen molar-refractivity contribution in [1.29, 1.82) is 5.26 Å². The first-order valence-corrected chi connectivity index (χ1v) is 7.96. The van der Waals surface area contributed by atoms with Gasteiger partial charge in [0.15, 0.2) is 11.5 Å². The van der Waals surface area contributed by atoms with E-state index in [2.05, 4.69) is 11.1 Å². The first-order valence-electron chi connectivity index (χ1n) is 7.58. The van der Waals surface area contributed by atoms with Crippen molar-refractivity contribution in [2.45, 2.75) is 6.54 Å². The van der Waals surface area contributed by atoms with Crippen LogP contribution in [-0.2, 0) is 6.54 Å². The van der Waals surface area contributed by atoms with Crippen molar-refractivity contribution in [1.82, 2.24) is 9.55 Å². The predicted octanol–water partition coefficient (Wildman–Crippen LogP) is 4.31. The van der Waals surface area contributed by atoms with E-state index in [1.807, 2.05) is 28.8 Å². The number of imidazole rings is 1. The molecule has 0 bridgehead atoms. The molecule has 5 nitrogen and oxygen atoms in total. The first kappa shape index (κ1) is 16.9. The number of fused-ring (bicyclic) bond motifs is 1. The van der Waals surface area contributed by atoms with E-state index in [-0.39, 0.29) is 0 Å². The zero-order chi connectivity index (χ0) is 17.8. The Bertz CT molecular complexity index is 986. The normalized spacial score (nSPS) is 11.4. The van der Waals surface area contributed by atoms with Crippen molar-refractivity contribution >= 4 is 28.7 Å². The number of allylic oxidation sites excluding steroid dienone is 1. The van der Waals surface area contributed by atoms with E-state index in [0.29, 0.717) is 34.2 Å². The highest BCUT2D eigenvalue weighted by Gasteiger charge is 2.10. The summed E-state index contributed by atoms with van der Waals surface area (Å²) in [4.78, 5) is 4.34.